The average molecular weight is 199 g/mol. The van der Waals surface area contributed by atoms with Crippen LogP contribution in [-0.2, 0) is 4.79 Å². The third kappa shape index (κ3) is 5.38. The molecule has 0 heterocycles. The lowest BCUT2D eigenvalue weighted by atomic mass is 9.83. The van der Waals surface area contributed by atoms with Crippen LogP contribution in [-0.4, -0.2) is 18.9 Å². The summed E-state index contributed by atoms with van der Waals surface area (Å²) >= 11 is 0. The van der Waals surface area contributed by atoms with E-state index in [1.807, 2.05) is 20.9 Å². The van der Waals surface area contributed by atoms with Crippen molar-refractivity contribution >= 4 is 5.78 Å². The number of carbonyl (C=O) groups excluding carboxylic acids is 1. The first-order valence-corrected chi connectivity index (χ1v) is 5.89. The monoisotopic (exact) mass is 199 g/mol. The molecular weight excluding hydrogens is 174 g/mol. The summed E-state index contributed by atoms with van der Waals surface area (Å²) in [5.41, 5.74) is 0. The molecule has 0 saturated heterocycles. The Balaban J connectivity index is 0.000000791. The average Bonchev–Trinajstić information content (AvgIpc) is 2.21. The topological polar surface area (TPSA) is 29.1 Å². The van der Waals surface area contributed by atoms with Crippen molar-refractivity contribution in [2.45, 2.75) is 58.9 Å². The maximum atomic E-state index is 10.8. The lowest BCUT2D eigenvalue weighted by Gasteiger charge is -2.27. The molecule has 0 bridgehead atoms. The Kier molecular flexibility index (Phi) is 7.77. The van der Waals surface area contributed by atoms with Gasteiger partial charge in [-0.25, -0.2) is 0 Å². The van der Waals surface area contributed by atoms with Gasteiger partial charge in [0.25, 0.3) is 0 Å². The van der Waals surface area contributed by atoms with E-state index in [1.54, 1.807) is 6.92 Å². The maximum Gasteiger partial charge on any atom is 0.130 e. The minimum atomic E-state index is 0.350. The van der Waals surface area contributed by atoms with Crippen LogP contribution in [0.4, 0.5) is 0 Å². The molecule has 0 aromatic carbocycles. The second-order valence-electron chi connectivity index (χ2n) is 3.91. The fourth-order valence-electron chi connectivity index (χ4n) is 2.06. The molecule has 1 aliphatic rings. The summed E-state index contributed by atoms with van der Waals surface area (Å²) in [5, 5.41) is 3.29. The van der Waals surface area contributed by atoms with Crippen LogP contribution in [0.1, 0.15) is 52.9 Å². The van der Waals surface area contributed by atoms with E-state index in [2.05, 4.69) is 5.32 Å². The van der Waals surface area contributed by atoms with Gasteiger partial charge in [-0.15, -0.1) is 0 Å². The summed E-state index contributed by atoms with van der Waals surface area (Å²) in [6.45, 7) is 5.70. The summed E-state index contributed by atoms with van der Waals surface area (Å²) < 4.78 is 0. The van der Waals surface area contributed by atoms with Crippen molar-refractivity contribution in [3.8, 4) is 0 Å². The van der Waals surface area contributed by atoms with Gasteiger partial charge in [0.2, 0.25) is 0 Å². The molecule has 0 aromatic heterocycles. The lowest BCUT2D eigenvalue weighted by Crippen LogP contribution is -2.30. The second-order valence-corrected chi connectivity index (χ2v) is 3.91. The quantitative estimate of drug-likeness (QED) is 0.757. The fraction of sp³-hybridized carbons (Fsp3) is 0.917. The predicted octanol–water partition coefficient (Wildman–Crippen LogP) is 2.77. The number of ketones is 1. The minimum Gasteiger partial charge on any atom is -0.317 e. The van der Waals surface area contributed by atoms with E-state index in [4.69, 9.17) is 0 Å². The SMILES string of the molecule is CC.CNC1CCC(CC(C)=O)CC1. The van der Waals surface area contributed by atoms with Gasteiger partial charge in [-0.3, -0.25) is 0 Å². The summed E-state index contributed by atoms with van der Waals surface area (Å²) in [7, 11) is 2.02. The predicted molar refractivity (Wildman–Crippen MR) is 61.5 cm³/mol. The zero-order chi connectivity index (χ0) is 11.0. The van der Waals surface area contributed by atoms with E-state index in [1.165, 1.54) is 25.7 Å². The molecule has 0 spiro atoms. The van der Waals surface area contributed by atoms with Crippen molar-refractivity contribution in [1.82, 2.24) is 5.32 Å². The zero-order valence-corrected chi connectivity index (χ0v) is 10.1. The molecule has 0 aromatic rings. The number of hydrogen-bond acceptors (Lipinski definition) is 2. The maximum absolute atomic E-state index is 10.8. The van der Waals surface area contributed by atoms with Gasteiger partial charge in [-0.2, -0.15) is 0 Å². The summed E-state index contributed by atoms with van der Waals surface area (Å²) in [6.07, 6.45) is 5.75. The van der Waals surface area contributed by atoms with E-state index in [0.29, 0.717) is 17.7 Å². The molecule has 84 valence electrons. The number of rotatable bonds is 3. The molecule has 0 unspecified atom stereocenters. The first kappa shape index (κ1) is 13.6. The largest absolute Gasteiger partial charge is 0.317 e. The van der Waals surface area contributed by atoms with Crippen LogP contribution in [0.2, 0.25) is 0 Å². The molecule has 2 heteroatoms. The van der Waals surface area contributed by atoms with Crippen molar-refractivity contribution in [2.75, 3.05) is 7.05 Å². The molecular formula is C12H25NO. The molecule has 1 N–H and O–H groups in total. The fourth-order valence-corrected chi connectivity index (χ4v) is 2.06. The minimum absolute atomic E-state index is 0.350. The molecule has 0 atom stereocenters. The standard InChI is InChI=1S/C10H19NO.C2H6/c1-8(12)7-9-3-5-10(11-2)6-4-9;1-2/h9-11H,3-7H2,1-2H3;1-2H3. The Labute approximate surface area is 88.5 Å². The molecule has 0 amide bonds. The highest BCUT2D eigenvalue weighted by atomic mass is 16.1. The lowest BCUT2D eigenvalue weighted by molar-refractivity contribution is -0.118. The van der Waals surface area contributed by atoms with E-state index in [9.17, 15) is 4.79 Å². The van der Waals surface area contributed by atoms with Crippen molar-refractivity contribution in [3.63, 3.8) is 0 Å². The Morgan fingerprint density at radius 3 is 2.07 bits per heavy atom. The summed E-state index contributed by atoms with van der Waals surface area (Å²) in [5.74, 6) is 1.02. The number of nitrogens with one attached hydrogen (secondary N) is 1. The van der Waals surface area contributed by atoms with Crippen LogP contribution in [0.15, 0.2) is 0 Å². The van der Waals surface area contributed by atoms with Crippen LogP contribution in [0.25, 0.3) is 0 Å². The third-order valence-electron chi connectivity index (χ3n) is 2.83. The van der Waals surface area contributed by atoms with Gasteiger partial charge >= 0.3 is 0 Å². The molecule has 0 aliphatic heterocycles. The van der Waals surface area contributed by atoms with E-state index < -0.39 is 0 Å². The molecule has 1 saturated carbocycles. The van der Waals surface area contributed by atoms with Gasteiger partial charge in [0.05, 0.1) is 0 Å². The zero-order valence-electron chi connectivity index (χ0n) is 10.1. The molecule has 1 aliphatic carbocycles. The van der Waals surface area contributed by atoms with Gasteiger partial charge in [0.15, 0.2) is 0 Å². The Bertz CT molecular complexity index is 148. The van der Waals surface area contributed by atoms with Gasteiger partial charge in [0, 0.05) is 12.5 Å². The van der Waals surface area contributed by atoms with Gasteiger partial charge in [0.1, 0.15) is 5.78 Å². The van der Waals surface area contributed by atoms with Crippen LogP contribution in [0.3, 0.4) is 0 Å². The molecule has 1 rings (SSSR count). The van der Waals surface area contributed by atoms with Crippen molar-refractivity contribution < 1.29 is 4.79 Å². The first-order valence-electron chi connectivity index (χ1n) is 5.89. The van der Waals surface area contributed by atoms with Gasteiger partial charge < -0.3 is 10.1 Å². The highest BCUT2D eigenvalue weighted by molar-refractivity contribution is 5.75. The number of hydrogen-bond donors (Lipinski definition) is 1. The van der Waals surface area contributed by atoms with E-state index in [-0.39, 0.29) is 0 Å². The molecule has 0 radical (unpaired) electrons. The number of carbonyl (C=O) groups is 1. The molecule has 14 heavy (non-hydrogen) atoms. The van der Waals surface area contributed by atoms with Crippen LogP contribution < -0.4 is 5.32 Å². The van der Waals surface area contributed by atoms with E-state index >= 15 is 0 Å². The summed E-state index contributed by atoms with van der Waals surface area (Å²) in [6, 6.07) is 0.702. The van der Waals surface area contributed by atoms with E-state index in [0.717, 1.165) is 6.42 Å². The third-order valence-corrected chi connectivity index (χ3v) is 2.83. The Hall–Kier alpha value is -0.370. The van der Waals surface area contributed by atoms with Crippen LogP contribution in [0, 0.1) is 5.92 Å². The first-order chi connectivity index (χ1) is 6.72. The van der Waals surface area contributed by atoms with Gasteiger partial charge in [-0.1, -0.05) is 13.8 Å². The number of Topliss-reactive ketones (excluding diaryl/α,β-unsaturated/α-hetero) is 1. The van der Waals surface area contributed by atoms with Gasteiger partial charge in [-0.05, 0) is 45.6 Å². The Morgan fingerprint density at radius 2 is 1.71 bits per heavy atom. The van der Waals surface area contributed by atoms with Crippen molar-refractivity contribution in [3.05, 3.63) is 0 Å². The highest BCUT2D eigenvalue weighted by Crippen LogP contribution is 2.26. The molecule has 2 nitrogen and oxygen atoms in total. The van der Waals surface area contributed by atoms with Crippen LogP contribution in [0.5, 0.6) is 0 Å². The molecule has 1 fully saturated rings. The summed E-state index contributed by atoms with van der Waals surface area (Å²) in [4.78, 5) is 10.8. The van der Waals surface area contributed by atoms with Crippen LogP contribution >= 0.6 is 0 Å². The second kappa shape index (κ2) is 7.98. The Morgan fingerprint density at radius 1 is 1.21 bits per heavy atom. The normalized spacial score (nSPS) is 26.3. The van der Waals surface area contributed by atoms with Crippen molar-refractivity contribution in [2.24, 2.45) is 5.92 Å². The highest BCUT2D eigenvalue weighted by Gasteiger charge is 2.20. The smallest absolute Gasteiger partial charge is 0.130 e. The van der Waals surface area contributed by atoms with Crippen molar-refractivity contribution in [1.29, 1.82) is 0 Å².